The molecular formula is C13H21N5O3. The summed E-state index contributed by atoms with van der Waals surface area (Å²) >= 11 is 0. The summed E-state index contributed by atoms with van der Waals surface area (Å²) in [5, 5.41) is 16.9. The number of nitrogens with one attached hydrogen (secondary N) is 2. The minimum absolute atomic E-state index is 0.0869. The van der Waals surface area contributed by atoms with Gasteiger partial charge >= 0.3 is 5.69 Å². The molecule has 1 rings (SSSR count). The molecule has 8 nitrogen and oxygen atoms in total. The predicted octanol–water partition coefficient (Wildman–Crippen LogP) is 1.70. The molecule has 0 saturated heterocycles. The van der Waals surface area contributed by atoms with Crippen LogP contribution in [0, 0.1) is 10.1 Å². The molecule has 0 spiro atoms. The maximum atomic E-state index is 11.8. The van der Waals surface area contributed by atoms with Crippen molar-refractivity contribution in [2.45, 2.75) is 26.3 Å². The Labute approximate surface area is 123 Å². The molecular weight excluding hydrogens is 274 g/mol. The second-order valence-electron chi connectivity index (χ2n) is 4.85. The molecule has 8 heteroatoms. The summed E-state index contributed by atoms with van der Waals surface area (Å²) in [6, 6.07) is 2.32. The number of amides is 1. The molecule has 1 atom stereocenters. The molecule has 0 aliphatic heterocycles. The topological polar surface area (TPSA) is 100 Å². The molecule has 116 valence electrons. The van der Waals surface area contributed by atoms with Gasteiger partial charge in [-0.3, -0.25) is 14.9 Å². The predicted molar refractivity (Wildman–Crippen MR) is 81.5 cm³/mol. The molecule has 1 unspecified atom stereocenters. The Kier molecular flexibility index (Phi) is 5.89. The van der Waals surface area contributed by atoms with Crippen LogP contribution in [-0.2, 0) is 4.79 Å². The quantitative estimate of drug-likeness (QED) is 0.586. The average molecular weight is 295 g/mol. The fraction of sp³-hybridized carbons (Fsp3) is 0.538. The molecule has 1 aromatic rings. The van der Waals surface area contributed by atoms with Crippen LogP contribution < -0.4 is 10.6 Å². The van der Waals surface area contributed by atoms with E-state index in [1.165, 1.54) is 11.0 Å². The van der Waals surface area contributed by atoms with Crippen molar-refractivity contribution in [3.05, 3.63) is 22.2 Å². The fourth-order valence-corrected chi connectivity index (χ4v) is 1.71. The number of carbonyl (C=O) groups is 1. The van der Waals surface area contributed by atoms with Gasteiger partial charge in [-0.2, -0.15) is 0 Å². The molecule has 0 aliphatic rings. The number of anilines is 2. The molecule has 1 aromatic heterocycles. The van der Waals surface area contributed by atoms with E-state index in [1.807, 2.05) is 6.92 Å². The number of likely N-dealkylation sites (N-methyl/N-ethyl adjacent to an activating group) is 1. The molecule has 1 amide bonds. The Morgan fingerprint density at radius 3 is 2.67 bits per heavy atom. The highest BCUT2D eigenvalue weighted by atomic mass is 16.6. The average Bonchev–Trinajstić information content (AvgIpc) is 2.43. The Morgan fingerprint density at radius 2 is 2.14 bits per heavy atom. The van der Waals surface area contributed by atoms with Gasteiger partial charge in [-0.15, -0.1) is 0 Å². The van der Waals surface area contributed by atoms with Gasteiger partial charge in [0.2, 0.25) is 11.7 Å². The van der Waals surface area contributed by atoms with Crippen molar-refractivity contribution in [3.63, 3.8) is 0 Å². The van der Waals surface area contributed by atoms with Crippen LogP contribution in [0.5, 0.6) is 0 Å². The summed E-state index contributed by atoms with van der Waals surface area (Å²) in [5.41, 5.74) is -0.157. The molecule has 21 heavy (non-hydrogen) atoms. The van der Waals surface area contributed by atoms with Gasteiger partial charge in [-0.25, -0.2) is 4.98 Å². The Hall–Kier alpha value is -2.38. The van der Waals surface area contributed by atoms with E-state index in [2.05, 4.69) is 15.6 Å². The third kappa shape index (κ3) is 4.59. The van der Waals surface area contributed by atoms with Gasteiger partial charge in [0.15, 0.2) is 0 Å². The zero-order valence-corrected chi connectivity index (χ0v) is 12.7. The first-order chi connectivity index (χ1) is 9.86. The van der Waals surface area contributed by atoms with E-state index in [-0.39, 0.29) is 17.4 Å². The van der Waals surface area contributed by atoms with Gasteiger partial charge in [0.05, 0.1) is 4.92 Å². The number of rotatable bonds is 7. The van der Waals surface area contributed by atoms with E-state index < -0.39 is 11.0 Å². The lowest BCUT2D eigenvalue weighted by molar-refractivity contribution is -0.384. The minimum Gasteiger partial charge on any atom is -0.370 e. The van der Waals surface area contributed by atoms with E-state index in [1.54, 1.807) is 27.1 Å². The van der Waals surface area contributed by atoms with Gasteiger partial charge in [0.25, 0.3) is 0 Å². The number of nitrogens with zero attached hydrogens (tertiary/aromatic N) is 3. The molecule has 0 fully saturated rings. The van der Waals surface area contributed by atoms with Crippen LogP contribution in [0.1, 0.15) is 20.3 Å². The normalized spacial score (nSPS) is 11.6. The molecule has 1 heterocycles. The molecule has 0 aromatic carbocycles. The lowest BCUT2D eigenvalue weighted by atomic mass is 10.3. The summed E-state index contributed by atoms with van der Waals surface area (Å²) in [7, 11) is 3.25. The highest BCUT2D eigenvalue weighted by molar-refractivity contribution is 5.84. The van der Waals surface area contributed by atoms with Gasteiger partial charge in [0.1, 0.15) is 11.9 Å². The summed E-state index contributed by atoms with van der Waals surface area (Å²) in [6.07, 6.45) is 0.914. The molecule has 0 bridgehead atoms. The third-order valence-electron chi connectivity index (χ3n) is 2.79. The zero-order chi connectivity index (χ0) is 16.0. The Balaban J connectivity index is 3.00. The summed E-state index contributed by atoms with van der Waals surface area (Å²) in [4.78, 5) is 28.0. The number of aromatic nitrogens is 1. The molecule has 0 aliphatic carbocycles. The maximum Gasteiger partial charge on any atom is 0.311 e. The van der Waals surface area contributed by atoms with Crippen LogP contribution in [0.3, 0.4) is 0 Å². The first-order valence-electron chi connectivity index (χ1n) is 6.73. The number of pyridine rings is 1. The van der Waals surface area contributed by atoms with Gasteiger partial charge in [-0.05, 0) is 19.4 Å². The van der Waals surface area contributed by atoms with E-state index >= 15 is 0 Å². The number of carbonyl (C=O) groups excluding carboxylic acids is 1. The van der Waals surface area contributed by atoms with Crippen molar-refractivity contribution in [2.75, 3.05) is 31.3 Å². The second-order valence-corrected chi connectivity index (χ2v) is 4.85. The van der Waals surface area contributed by atoms with E-state index in [0.29, 0.717) is 5.82 Å². The highest BCUT2D eigenvalue weighted by Gasteiger charge is 2.21. The number of hydrogen-bond acceptors (Lipinski definition) is 6. The van der Waals surface area contributed by atoms with Crippen molar-refractivity contribution < 1.29 is 9.72 Å². The standard InChI is InChI=1S/C13H21N5O3/c1-5-8-14-11-7-6-10(18(20)21)12(16-11)15-9(2)13(19)17(3)4/h6-7,9H,5,8H2,1-4H3,(H2,14,15,16). The second kappa shape index (κ2) is 7.41. The van der Waals surface area contributed by atoms with Gasteiger partial charge in [0, 0.05) is 26.7 Å². The molecule has 0 radical (unpaired) electrons. The van der Waals surface area contributed by atoms with Crippen molar-refractivity contribution in [3.8, 4) is 0 Å². The first kappa shape index (κ1) is 16.7. The first-order valence-corrected chi connectivity index (χ1v) is 6.73. The lowest BCUT2D eigenvalue weighted by Gasteiger charge is -2.18. The summed E-state index contributed by atoms with van der Waals surface area (Å²) in [6.45, 7) is 4.37. The number of nitro groups is 1. The third-order valence-corrected chi connectivity index (χ3v) is 2.79. The van der Waals surface area contributed by atoms with Crippen molar-refractivity contribution in [2.24, 2.45) is 0 Å². The monoisotopic (exact) mass is 295 g/mol. The SMILES string of the molecule is CCCNc1ccc([N+](=O)[O-])c(NC(C)C(=O)N(C)C)n1. The van der Waals surface area contributed by atoms with Crippen LogP contribution in [0.15, 0.2) is 12.1 Å². The van der Waals surface area contributed by atoms with Gasteiger partial charge in [-0.1, -0.05) is 6.92 Å². The van der Waals surface area contributed by atoms with Gasteiger partial charge < -0.3 is 15.5 Å². The van der Waals surface area contributed by atoms with E-state index in [4.69, 9.17) is 0 Å². The highest BCUT2D eigenvalue weighted by Crippen LogP contribution is 2.24. The smallest absolute Gasteiger partial charge is 0.311 e. The van der Waals surface area contributed by atoms with Crippen LogP contribution in [0.4, 0.5) is 17.3 Å². The van der Waals surface area contributed by atoms with Crippen LogP contribution >= 0.6 is 0 Å². The summed E-state index contributed by atoms with van der Waals surface area (Å²) in [5.74, 6) is 0.441. The van der Waals surface area contributed by atoms with Crippen molar-refractivity contribution >= 4 is 23.2 Å². The number of hydrogen-bond donors (Lipinski definition) is 2. The van der Waals surface area contributed by atoms with Crippen LogP contribution in [0.2, 0.25) is 0 Å². The van der Waals surface area contributed by atoms with Crippen LogP contribution in [0.25, 0.3) is 0 Å². The van der Waals surface area contributed by atoms with E-state index in [9.17, 15) is 14.9 Å². The molecule has 0 saturated carbocycles. The van der Waals surface area contributed by atoms with Crippen LogP contribution in [-0.4, -0.2) is 47.4 Å². The zero-order valence-electron chi connectivity index (χ0n) is 12.7. The Morgan fingerprint density at radius 1 is 1.48 bits per heavy atom. The lowest BCUT2D eigenvalue weighted by Crippen LogP contribution is -2.37. The van der Waals surface area contributed by atoms with Crippen molar-refractivity contribution in [1.29, 1.82) is 0 Å². The molecule has 2 N–H and O–H groups in total. The summed E-state index contributed by atoms with van der Waals surface area (Å²) < 4.78 is 0. The largest absolute Gasteiger partial charge is 0.370 e. The minimum atomic E-state index is -0.604. The van der Waals surface area contributed by atoms with E-state index in [0.717, 1.165) is 13.0 Å². The Bertz CT molecular complexity index is 519. The van der Waals surface area contributed by atoms with Crippen molar-refractivity contribution in [1.82, 2.24) is 9.88 Å². The maximum absolute atomic E-state index is 11.8. The fourth-order valence-electron chi connectivity index (χ4n) is 1.71.